The molecule has 0 bridgehead atoms. The number of ether oxygens (including phenoxy) is 1. The second kappa shape index (κ2) is 5.79. The van der Waals surface area contributed by atoms with E-state index in [1.54, 1.807) is 4.90 Å². The zero-order valence-corrected chi connectivity index (χ0v) is 12.4. The monoisotopic (exact) mass is 304 g/mol. The quantitative estimate of drug-likeness (QED) is 0.748. The first-order valence-corrected chi connectivity index (χ1v) is 7.64. The molecule has 0 aromatic rings. The summed E-state index contributed by atoms with van der Waals surface area (Å²) in [7, 11) is 0. The number of aliphatic hydroxyl groups excluding tert-OH is 1. The Hall–Kier alpha value is -0.990. The molecule has 0 aliphatic carbocycles. The van der Waals surface area contributed by atoms with Gasteiger partial charge in [-0.15, -0.1) is 11.8 Å². The SMILES string of the molecule is CC1(C)CN(C(=O)N2CSCC2C(=O)O)CC(CO)O1. The number of hydrogen-bond acceptors (Lipinski definition) is 5. The van der Waals surface area contributed by atoms with Crippen LogP contribution in [0.5, 0.6) is 0 Å². The highest BCUT2D eigenvalue weighted by Gasteiger charge is 2.41. The Morgan fingerprint density at radius 3 is 2.75 bits per heavy atom. The van der Waals surface area contributed by atoms with E-state index in [2.05, 4.69) is 0 Å². The molecular formula is C12H20N2O5S. The molecule has 2 rings (SSSR count). The fraction of sp³-hybridized carbons (Fsp3) is 0.833. The third-order valence-corrected chi connectivity index (χ3v) is 4.38. The molecule has 2 fully saturated rings. The minimum atomic E-state index is -0.977. The molecule has 2 heterocycles. The van der Waals surface area contributed by atoms with Gasteiger partial charge in [0.15, 0.2) is 0 Å². The molecule has 0 aromatic carbocycles. The highest BCUT2D eigenvalue weighted by atomic mass is 32.2. The number of rotatable bonds is 2. The molecule has 2 N–H and O–H groups in total. The number of carboxylic acid groups (broad SMARTS) is 1. The van der Waals surface area contributed by atoms with Crippen molar-refractivity contribution in [3.63, 3.8) is 0 Å². The summed E-state index contributed by atoms with van der Waals surface area (Å²) < 4.78 is 5.66. The highest BCUT2D eigenvalue weighted by Crippen LogP contribution is 2.26. The minimum Gasteiger partial charge on any atom is -0.480 e. The lowest BCUT2D eigenvalue weighted by atomic mass is 10.1. The standard InChI is InChI=1S/C12H20N2O5S/c1-12(2)6-13(3-8(4-15)19-12)11(18)14-7-20-5-9(14)10(16)17/h8-9,15H,3-7H2,1-2H3,(H,16,17). The van der Waals surface area contributed by atoms with Crippen molar-refractivity contribution in [2.24, 2.45) is 0 Å². The van der Waals surface area contributed by atoms with Gasteiger partial charge in [0.1, 0.15) is 6.04 Å². The van der Waals surface area contributed by atoms with Crippen LogP contribution < -0.4 is 0 Å². The van der Waals surface area contributed by atoms with Crippen molar-refractivity contribution in [2.45, 2.75) is 31.6 Å². The molecule has 114 valence electrons. The van der Waals surface area contributed by atoms with Crippen LogP contribution in [-0.2, 0) is 9.53 Å². The van der Waals surface area contributed by atoms with Crippen molar-refractivity contribution in [1.29, 1.82) is 0 Å². The van der Waals surface area contributed by atoms with Crippen molar-refractivity contribution in [3.05, 3.63) is 0 Å². The predicted molar refractivity (Wildman–Crippen MR) is 73.6 cm³/mol. The maximum Gasteiger partial charge on any atom is 0.327 e. The number of urea groups is 1. The van der Waals surface area contributed by atoms with Crippen LogP contribution in [0, 0.1) is 0 Å². The Balaban J connectivity index is 2.09. The van der Waals surface area contributed by atoms with E-state index in [-0.39, 0.29) is 19.2 Å². The number of amides is 2. The summed E-state index contributed by atoms with van der Waals surface area (Å²) >= 11 is 1.43. The lowest BCUT2D eigenvalue weighted by Crippen LogP contribution is -2.59. The molecule has 0 aromatic heterocycles. The van der Waals surface area contributed by atoms with E-state index in [1.807, 2.05) is 13.8 Å². The molecule has 8 heteroatoms. The van der Waals surface area contributed by atoms with Crippen LogP contribution in [0.2, 0.25) is 0 Å². The molecule has 0 saturated carbocycles. The van der Waals surface area contributed by atoms with Crippen LogP contribution in [0.25, 0.3) is 0 Å². The third-order valence-electron chi connectivity index (χ3n) is 3.37. The van der Waals surface area contributed by atoms with Gasteiger partial charge in [0.05, 0.1) is 37.3 Å². The Bertz CT molecular complexity index is 403. The average molecular weight is 304 g/mol. The van der Waals surface area contributed by atoms with E-state index in [0.29, 0.717) is 18.2 Å². The first-order chi connectivity index (χ1) is 9.34. The summed E-state index contributed by atoms with van der Waals surface area (Å²) in [6, 6.07) is -1.07. The molecule has 2 aliphatic heterocycles. The van der Waals surface area contributed by atoms with Gasteiger partial charge in [-0.2, -0.15) is 0 Å². The van der Waals surface area contributed by atoms with Crippen LogP contribution in [0.1, 0.15) is 13.8 Å². The number of aliphatic carboxylic acids is 1. The van der Waals surface area contributed by atoms with Crippen molar-refractivity contribution >= 4 is 23.8 Å². The van der Waals surface area contributed by atoms with Crippen molar-refractivity contribution in [1.82, 2.24) is 9.80 Å². The molecule has 2 unspecified atom stereocenters. The first-order valence-electron chi connectivity index (χ1n) is 6.49. The van der Waals surface area contributed by atoms with Gasteiger partial charge in [-0.1, -0.05) is 0 Å². The number of thioether (sulfide) groups is 1. The number of carbonyl (C=O) groups excluding carboxylic acids is 1. The lowest BCUT2D eigenvalue weighted by Gasteiger charge is -2.43. The number of carbonyl (C=O) groups is 2. The zero-order chi connectivity index (χ0) is 14.9. The van der Waals surface area contributed by atoms with E-state index in [1.165, 1.54) is 16.7 Å². The maximum atomic E-state index is 12.5. The van der Waals surface area contributed by atoms with Gasteiger partial charge < -0.3 is 24.7 Å². The molecular weight excluding hydrogens is 284 g/mol. The van der Waals surface area contributed by atoms with Gasteiger partial charge in [-0.05, 0) is 13.8 Å². The Labute approximate surface area is 121 Å². The normalized spacial score (nSPS) is 29.6. The van der Waals surface area contributed by atoms with Crippen LogP contribution in [0.3, 0.4) is 0 Å². The minimum absolute atomic E-state index is 0.162. The zero-order valence-electron chi connectivity index (χ0n) is 11.6. The highest BCUT2D eigenvalue weighted by molar-refractivity contribution is 7.99. The van der Waals surface area contributed by atoms with E-state index < -0.39 is 23.7 Å². The summed E-state index contributed by atoms with van der Waals surface area (Å²) in [6.45, 7) is 4.21. The van der Waals surface area contributed by atoms with Gasteiger partial charge in [0, 0.05) is 5.75 Å². The number of morpholine rings is 1. The third kappa shape index (κ3) is 3.18. The van der Waals surface area contributed by atoms with E-state index in [0.717, 1.165) is 0 Å². The summed E-state index contributed by atoms with van der Waals surface area (Å²) in [5, 5.41) is 18.4. The van der Waals surface area contributed by atoms with Crippen molar-refractivity contribution in [2.75, 3.05) is 31.3 Å². The van der Waals surface area contributed by atoms with Gasteiger partial charge in [-0.3, -0.25) is 0 Å². The Morgan fingerprint density at radius 2 is 2.15 bits per heavy atom. The molecule has 2 amide bonds. The molecule has 20 heavy (non-hydrogen) atoms. The van der Waals surface area contributed by atoms with Crippen LogP contribution >= 0.6 is 11.8 Å². The average Bonchev–Trinajstić information content (AvgIpc) is 2.85. The molecule has 0 radical (unpaired) electrons. The first kappa shape index (κ1) is 15.4. The summed E-state index contributed by atoms with van der Waals surface area (Å²) in [5.41, 5.74) is -0.549. The molecule has 2 aliphatic rings. The second-order valence-corrected chi connectivity index (χ2v) is 6.67. The fourth-order valence-corrected chi connectivity index (χ4v) is 3.69. The maximum absolute atomic E-state index is 12.5. The Kier molecular flexibility index (Phi) is 4.46. The van der Waals surface area contributed by atoms with Crippen molar-refractivity contribution < 1.29 is 24.5 Å². The summed E-state index contributed by atoms with van der Waals surface area (Å²) in [5.74, 6) is -0.176. The van der Waals surface area contributed by atoms with Crippen molar-refractivity contribution in [3.8, 4) is 0 Å². The number of nitrogens with zero attached hydrogens (tertiary/aromatic N) is 2. The number of aliphatic hydroxyl groups is 1. The van der Waals surface area contributed by atoms with Gasteiger partial charge >= 0.3 is 12.0 Å². The fourth-order valence-electron chi connectivity index (χ4n) is 2.55. The molecule has 2 saturated heterocycles. The largest absolute Gasteiger partial charge is 0.480 e. The number of carboxylic acids is 1. The molecule has 2 atom stereocenters. The van der Waals surface area contributed by atoms with Crippen LogP contribution in [0.15, 0.2) is 0 Å². The van der Waals surface area contributed by atoms with Crippen LogP contribution in [0.4, 0.5) is 4.79 Å². The van der Waals surface area contributed by atoms with Gasteiger partial charge in [0.25, 0.3) is 0 Å². The molecule has 7 nitrogen and oxygen atoms in total. The smallest absolute Gasteiger partial charge is 0.327 e. The van der Waals surface area contributed by atoms with Gasteiger partial charge in [0.2, 0.25) is 0 Å². The second-order valence-electron chi connectivity index (χ2n) is 5.67. The Morgan fingerprint density at radius 1 is 1.45 bits per heavy atom. The topological polar surface area (TPSA) is 90.3 Å². The van der Waals surface area contributed by atoms with Crippen LogP contribution in [-0.4, -0.2) is 81.1 Å². The lowest BCUT2D eigenvalue weighted by molar-refractivity contribution is -0.144. The van der Waals surface area contributed by atoms with E-state index >= 15 is 0 Å². The molecule has 0 spiro atoms. The van der Waals surface area contributed by atoms with E-state index in [4.69, 9.17) is 9.84 Å². The summed E-state index contributed by atoms with van der Waals surface area (Å²) in [6.07, 6.45) is -0.429. The number of hydrogen-bond donors (Lipinski definition) is 2. The van der Waals surface area contributed by atoms with Gasteiger partial charge in [-0.25, -0.2) is 9.59 Å². The van der Waals surface area contributed by atoms with E-state index in [9.17, 15) is 14.7 Å². The summed E-state index contributed by atoms with van der Waals surface area (Å²) in [4.78, 5) is 26.6. The predicted octanol–water partition coefficient (Wildman–Crippen LogP) is 0.0376.